The van der Waals surface area contributed by atoms with E-state index < -0.39 is 15.9 Å². The average Bonchev–Trinajstić information content (AvgIpc) is 3.26. The second-order valence-corrected chi connectivity index (χ2v) is 10.2. The number of piperidine rings is 2. The van der Waals surface area contributed by atoms with E-state index in [0.717, 1.165) is 44.1 Å². The SMILES string of the molecule is O=C(NCC(=O)N1CCCCC1)[C@H]1CCCN(S(=O)(=O)c2cccc3nsnc23)C1. The van der Waals surface area contributed by atoms with Crippen LogP contribution in [0.2, 0.25) is 0 Å². The zero-order valence-electron chi connectivity index (χ0n) is 16.6. The van der Waals surface area contributed by atoms with Gasteiger partial charge in [0, 0.05) is 26.2 Å². The Morgan fingerprint density at radius 1 is 1.10 bits per heavy atom. The molecule has 0 radical (unpaired) electrons. The summed E-state index contributed by atoms with van der Waals surface area (Å²) in [5.74, 6) is -0.824. The summed E-state index contributed by atoms with van der Waals surface area (Å²) >= 11 is 0.973. The number of benzene rings is 1. The summed E-state index contributed by atoms with van der Waals surface area (Å²) in [5, 5.41) is 2.71. The van der Waals surface area contributed by atoms with E-state index in [-0.39, 0.29) is 29.8 Å². The highest BCUT2D eigenvalue weighted by Crippen LogP contribution is 2.28. The molecule has 2 saturated heterocycles. The number of carbonyl (C=O) groups excluding carboxylic acids is 2. The van der Waals surface area contributed by atoms with Crippen molar-refractivity contribution in [3.05, 3.63) is 18.2 Å². The van der Waals surface area contributed by atoms with Gasteiger partial charge in [0.25, 0.3) is 0 Å². The first-order valence-corrected chi connectivity index (χ1v) is 12.4. The molecule has 11 heteroatoms. The van der Waals surface area contributed by atoms with Gasteiger partial charge in [0.15, 0.2) is 0 Å². The molecule has 0 saturated carbocycles. The first-order valence-electron chi connectivity index (χ1n) is 10.2. The van der Waals surface area contributed by atoms with E-state index in [1.807, 2.05) is 0 Å². The lowest BCUT2D eigenvalue weighted by molar-refractivity contribution is -0.134. The van der Waals surface area contributed by atoms with Crippen molar-refractivity contribution in [2.45, 2.75) is 37.0 Å². The number of hydrogen-bond donors (Lipinski definition) is 1. The van der Waals surface area contributed by atoms with Crippen molar-refractivity contribution in [3.8, 4) is 0 Å². The molecule has 3 heterocycles. The van der Waals surface area contributed by atoms with Crippen molar-refractivity contribution in [1.82, 2.24) is 23.3 Å². The van der Waals surface area contributed by atoms with Gasteiger partial charge in [-0.2, -0.15) is 13.1 Å². The molecule has 0 bridgehead atoms. The topological polar surface area (TPSA) is 113 Å². The molecule has 1 N–H and O–H groups in total. The summed E-state index contributed by atoms with van der Waals surface area (Å²) in [6, 6.07) is 4.90. The molecule has 0 unspecified atom stereocenters. The van der Waals surface area contributed by atoms with Gasteiger partial charge >= 0.3 is 0 Å². The molecule has 30 heavy (non-hydrogen) atoms. The Labute approximate surface area is 179 Å². The van der Waals surface area contributed by atoms with Crippen LogP contribution in [0.3, 0.4) is 0 Å². The lowest BCUT2D eigenvalue weighted by Crippen LogP contribution is -2.48. The number of nitrogens with zero attached hydrogens (tertiary/aromatic N) is 4. The maximum Gasteiger partial charge on any atom is 0.245 e. The number of amides is 2. The maximum absolute atomic E-state index is 13.2. The van der Waals surface area contributed by atoms with Crippen molar-refractivity contribution in [2.24, 2.45) is 5.92 Å². The van der Waals surface area contributed by atoms with Gasteiger partial charge in [0.05, 0.1) is 24.2 Å². The van der Waals surface area contributed by atoms with E-state index in [4.69, 9.17) is 0 Å². The molecule has 2 amide bonds. The Kier molecular flexibility index (Phi) is 6.30. The molecule has 2 fully saturated rings. The molecule has 9 nitrogen and oxygen atoms in total. The lowest BCUT2D eigenvalue weighted by Gasteiger charge is -2.31. The highest BCUT2D eigenvalue weighted by atomic mass is 32.2. The van der Waals surface area contributed by atoms with Crippen LogP contribution in [0.25, 0.3) is 11.0 Å². The minimum atomic E-state index is -3.79. The molecule has 1 aromatic heterocycles. The van der Waals surface area contributed by atoms with Gasteiger partial charge in [-0.25, -0.2) is 8.42 Å². The Hall–Kier alpha value is -2.11. The van der Waals surface area contributed by atoms with Gasteiger partial charge in [-0.1, -0.05) is 6.07 Å². The third kappa shape index (κ3) is 4.33. The van der Waals surface area contributed by atoms with Crippen molar-refractivity contribution in [3.63, 3.8) is 0 Å². The number of fused-ring (bicyclic) bond motifs is 1. The summed E-state index contributed by atoms with van der Waals surface area (Å²) in [6.45, 7) is 1.89. The summed E-state index contributed by atoms with van der Waals surface area (Å²) < 4.78 is 36.0. The third-order valence-corrected chi connectivity index (χ3v) is 8.18. The number of nitrogens with one attached hydrogen (secondary N) is 1. The summed E-state index contributed by atoms with van der Waals surface area (Å²) in [4.78, 5) is 26.8. The quantitative estimate of drug-likeness (QED) is 0.731. The minimum absolute atomic E-state index is 0.0358. The van der Waals surface area contributed by atoms with Gasteiger partial charge in [-0.05, 0) is 44.2 Å². The average molecular weight is 452 g/mol. The second-order valence-electron chi connectivity index (χ2n) is 7.75. The van der Waals surface area contributed by atoms with Crippen molar-refractivity contribution < 1.29 is 18.0 Å². The van der Waals surface area contributed by atoms with Crippen LogP contribution in [-0.2, 0) is 19.6 Å². The van der Waals surface area contributed by atoms with Gasteiger partial charge in [-0.15, -0.1) is 0 Å². The zero-order chi connectivity index (χ0) is 21.1. The van der Waals surface area contributed by atoms with Crippen LogP contribution < -0.4 is 5.32 Å². The fourth-order valence-electron chi connectivity index (χ4n) is 4.07. The van der Waals surface area contributed by atoms with E-state index in [1.165, 1.54) is 10.4 Å². The Morgan fingerprint density at radius 2 is 1.90 bits per heavy atom. The smallest absolute Gasteiger partial charge is 0.245 e. The van der Waals surface area contributed by atoms with E-state index >= 15 is 0 Å². The van der Waals surface area contributed by atoms with Crippen molar-refractivity contribution in [2.75, 3.05) is 32.7 Å². The van der Waals surface area contributed by atoms with E-state index in [1.54, 1.807) is 17.0 Å². The van der Waals surface area contributed by atoms with Crippen LogP contribution in [0.1, 0.15) is 32.1 Å². The van der Waals surface area contributed by atoms with Crippen LogP contribution >= 0.6 is 11.7 Å². The van der Waals surface area contributed by atoms with Crippen LogP contribution in [0.4, 0.5) is 0 Å². The molecule has 2 aliphatic rings. The molecule has 162 valence electrons. The first kappa shape index (κ1) is 21.1. The monoisotopic (exact) mass is 451 g/mol. The number of aromatic nitrogens is 2. The summed E-state index contributed by atoms with van der Waals surface area (Å²) in [5.41, 5.74) is 0.907. The second kappa shape index (κ2) is 8.94. The molecular formula is C19H25N5O4S2. The van der Waals surface area contributed by atoms with Crippen LogP contribution in [0, 0.1) is 5.92 Å². The van der Waals surface area contributed by atoms with Crippen molar-refractivity contribution in [1.29, 1.82) is 0 Å². The Balaban J connectivity index is 1.40. The van der Waals surface area contributed by atoms with Gasteiger partial charge in [0.2, 0.25) is 21.8 Å². The van der Waals surface area contributed by atoms with Gasteiger partial charge in [-0.3, -0.25) is 9.59 Å². The number of carbonyl (C=O) groups is 2. The molecule has 2 aliphatic heterocycles. The van der Waals surface area contributed by atoms with Crippen LogP contribution in [0.15, 0.2) is 23.1 Å². The Bertz CT molecular complexity index is 1030. The molecule has 4 rings (SSSR count). The lowest BCUT2D eigenvalue weighted by atomic mass is 9.99. The van der Waals surface area contributed by atoms with E-state index in [9.17, 15) is 18.0 Å². The van der Waals surface area contributed by atoms with Crippen molar-refractivity contribution >= 4 is 44.6 Å². The largest absolute Gasteiger partial charge is 0.347 e. The van der Waals surface area contributed by atoms with Crippen LogP contribution in [0.5, 0.6) is 0 Å². The predicted octanol–water partition coefficient (Wildman–Crippen LogP) is 1.22. The highest BCUT2D eigenvalue weighted by Gasteiger charge is 2.35. The highest BCUT2D eigenvalue weighted by molar-refractivity contribution is 7.89. The number of hydrogen-bond acceptors (Lipinski definition) is 7. The molecular weight excluding hydrogens is 426 g/mol. The Morgan fingerprint density at radius 3 is 2.70 bits per heavy atom. The summed E-state index contributed by atoms with van der Waals surface area (Å²) in [6.07, 6.45) is 4.31. The van der Waals surface area contributed by atoms with Gasteiger partial charge < -0.3 is 10.2 Å². The number of likely N-dealkylation sites (tertiary alicyclic amines) is 1. The number of rotatable bonds is 5. The third-order valence-electron chi connectivity index (χ3n) is 5.74. The standard InChI is InChI=1S/C19H25N5O4S2/c25-17(23-9-2-1-3-10-23)12-20-19(26)14-6-5-11-24(13-14)30(27,28)16-8-4-7-15-18(16)22-29-21-15/h4,7-8,14H,1-3,5-6,9-13H2,(H,20,26)/t14-/m0/s1. The molecule has 0 aliphatic carbocycles. The fraction of sp³-hybridized carbons (Fsp3) is 0.579. The minimum Gasteiger partial charge on any atom is -0.347 e. The molecule has 0 spiro atoms. The van der Waals surface area contributed by atoms with E-state index in [2.05, 4.69) is 14.1 Å². The normalized spacial score (nSPS) is 20.9. The summed E-state index contributed by atoms with van der Waals surface area (Å²) in [7, 11) is -3.79. The number of sulfonamides is 1. The zero-order valence-corrected chi connectivity index (χ0v) is 18.3. The molecule has 2 aromatic rings. The first-order chi connectivity index (χ1) is 14.5. The predicted molar refractivity (Wildman–Crippen MR) is 112 cm³/mol. The fourth-order valence-corrected chi connectivity index (χ4v) is 6.34. The molecule has 1 aromatic carbocycles. The molecule has 1 atom stereocenters. The van der Waals surface area contributed by atoms with E-state index in [0.29, 0.717) is 30.4 Å². The van der Waals surface area contributed by atoms with Gasteiger partial charge in [0.1, 0.15) is 15.9 Å². The van der Waals surface area contributed by atoms with Crippen LogP contribution in [-0.4, -0.2) is 70.9 Å². The maximum atomic E-state index is 13.2.